The maximum atomic E-state index is 12.1. The minimum absolute atomic E-state index is 0.163. The van der Waals surface area contributed by atoms with E-state index in [1.807, 2.05) is 20.8 Å². The molecule has 0 spiro atoms. The summed E-state index contributed by atoms with van der Waals surface area (Å²) in [6.07, 6.45) is 0. The Morgan fingerprint density at radius 1 is 1.44 bits per heavy atom. The summed E-state index contributed by atoms with van der Waals surface area (Å²) < 4.78 is 26.7. The van der Waals surface area contributed by atoms with Crippen molar-refractivity contribution >= 4 is 27.3 Å². The number of thiophene rings is 1. The van der Waals surface area contributed by atoms with Crippen LogP contribution in [0.5, 0.6) is 0 Å². The predicted octanol–water partition coefficient (Wildman–Crippen LogP) is 2.16. The number of aromatic carboxylic acids is 1. The van der Waals surface area contributed by atoms with E-state index >= 15 is 0 Å². The summed E-state index contributed by atoms with van der Waals surface area (Å²) >= 11 is 0.900. The Labute approximate surface area is 111 Å². The van der Waals surface area contributed by atoms with Crippen LogP contribution in [0, 0.1) is 5.41 Å². The normalized spacial score (nSPS) is 14.4. The first kappa shape index (κ1) is 15.1. The molecule has 18 heavy (non-hydrogen) atoms. The van der Waals surface area contributed by atoms with Gasteiger partial charge in [0.25, 0.3) is 0 Å². The molecule has 0 saturated heterocycles. The molecule has 0 amide bonds. The standard InChI is InChI=1S/C11H17NO4S2/c1-7(11(2,3)4)12-18(15,16)8-5-6-17-9(8)10(13)14/h5-7,12H,1-4H3,(H,13,14). The fraction of sp³-hybridized carbons (Fsp3) is 0.545. The van der Waals surface area contributed by atoms with Gasteiger partial charge in [-0.25, -0.2) is 17.9 Å². The average molecular weight is 291 g/mol. The Kier molecular flexibility index (Phi) is 4.19. The molecule has 0 aromatic carbocycles. The quantitative estimate of drug-likeness (QED) is 0.890. The van der Waals surface area contributed by atoms with E-state index in [0.29, 0.717) is 0 Å². The zero-order valence-corrected chi connectivity index (χ0v) is 12.4. The zero-order valence-electron chi connectivity index (χ0n) is 10.7. The number of carboxylic acids is 1. The van der Waals surface area contributed by atoms with Gasteiger partial charge >= 0.3 is 5.97 Å². The fourth-order valence-electron chi connectivity index (χ4n) is 1.14. The average Bonchev–Trinajstić information content (AvgIpc) is 2.63. The largest absolute Gasteiger partial charge is 0.477 e. The summed E-state index contributed by atoms with van der Waals surface area (Å²) in [6.45, 7) is 7.48. The smallest absolute Gasteiger partial charge is 0.347 e. The number of sulfonamides is 1. The molecule has 1 unspecified atom stereocenters. The van der Waals surface area contributed by atoms with Gasteiger partial charge in [-0.1, -0.05) is 20.8 Å². The Morgan fingerprint density at radius 3 is 2.44 bits per heavy atom. The highest BCUT2D eigenvalue weighted by molar-refractivity contribution is 7.89. The van der Waals surface area contributed by atoms with Crippen LogP contribution < -0.4 is 4.72 Å². The molecular formula is C11H17NO4S2. The third kappa shape index (κ3) is 3.30. The number of carbonyl (C=O) groups is 1. The molecule has 1 rings (SSSR count). The highest BCUT2D eigenvalue weighted by Gasteiger charge is 2.29. The van der Waals surface area contributed by atoms with Crippen LogP contribution in [0.2, 0.25) is 0 Å². The van der Waals surface area contributed by atoms with Crippen LogP contribution in [-0.4, -0.2) is 25.5 Å². The summed E-state index contributed by atoms with van der Waals surface area (Å²) in [5, 5.41) is 10.4. The van der Waals surface area contributed by atoms with Crippen LogP contribution >= 0.6 is 11.3 Å². The van der Waals surface area contributed by atoms with Crippen LogP contribution in [0.25, 0.3) is 0 Å². The van der Waals surface area contributed by atoms with Gasteiger partial charge in [-0.05, 0) is 23.8 Å². The molecule has 1 heterocycles. The van der Waals surface area contributed by atoms with E-state index in [2.05, 4.69) is 4.72 Å². The SMILES string of the molecule is CC(NS(=O)(=O)c1ccsc1C(=O)O)C(C)(C)C. The van der Waals surface area contributed by atoms with Gasteiger partial charge in [-0.2, -0.15) is 0 Å². The van der Waals surface area contributed by atoms with Crippen molar-refractivity contribution in [2.45, 2.75) is 38.6 Å². The molecule has 0 aliphatic carbocycles. The summed E-state index contributed by atoms with van der Waals surface area (Å²) in [5.41, 5.74) is -0.244. The fourth-order valence-corrected chi connectivity index (χ4v) is 3.85. The summed E-state index contributed by atoms with van der Waals surface area (Å²) in [4.78, 5) is 10.6. The minimum Gasteiger partial charge on any atom is -0.477 e. The van der Waals surface area contributed by atoms with Crippen molar-refractivity contribution < 1.29 is 18.3 Å². The van der Waals surface area contributed by atoms with E-state index in [-0.39, 0.29) is 21.2 Å². The zero-order chi connectivity index (χ0) is 14.1. The van der Waals surface area contributed by atoms with Crippen LogP contribution in [0.4, 0.5) is 0 Å². The molecule has 0 aliphatic rings. The molecule has 0 bridgehead atoms. The molecule has 7 heteroatoms. The van der Waals surface area contributed by atoms with Gasteiger partial charge in [0.2, 0.25) is 10.0 Å². The van der Waals surface area contributed by atoms with Gasteiger partial charge in [0.1, 0.15) is 9.77 Å². The third-order valence-electron chi connectivity index (χ3n) is 2.74. The van der Waals surface area contributed by atoms with Gasteiger partial charge in [-0.15, -0.1) is 11.3 Å². The highest BCUT2D eigenvalue weighted by Crippen LogP contribution is 2.25. The van der Waals surface area contributed by atoms with Crippen LogP contribution in [0.1, 0.15) is 37.4 Å². The second-order valence-electron chi connectivity index (χ2n) is 5.13. The van der Waals surface area contributed by atoms with Gasteiger partial charge < -0.3 is 5.11 Å². The van der Waals surface area contributed by atoms with Gasteiger partial charge in [0.15, 0.2) is 0 Å². The van der Waals surface area contributed by atoms with Crippen molar-refractivity contribution in [3.05, 3.63) is 16.3 Å². The lowest BCUT2D eigenvalue weighted by molar-refractivity contribution is 0.0698. The molecule has 1 aromatic heterocycles. The first-order valence-corrected chi connectivity index (χ1v) is 7.75. The van der Waals surface area contributed by atoms with E-state index < -0.39 is 16.0 Å². The second-order valence-corrected chi connectivity index (χ2v) is 7.73. The topological polar surface area (TPSA) is 83.5 Å². The van der Waals surface area contributed by atoms with Gasteiger partial charge in [-0.3, -0.25) is 0 Å². The molecule has 1 atom stereocenters. The summed E-state index contributed by atoms with van der Waals surface area (Å²) in [7, 11) is -3.80. The van der Waals surface area contributed by atoms with E-state index in [4.69, 9.17) is 5.11 Å². The lowest BCUT2D eigenvalue weighted by Crippen LogP contribution is -2.41. The van der Waals surface area contributed by atoms with Crippen LogP contribution in [-0.2, 0) is 10.0 Å². The Balaban J connectivity index is 3.08. The molecule has 102 valence electrons. The number of nitrogens with one attached hydrogen (secondary N) is 1. The predicted molar refractivity (Wildman–Crippen MR) is 70.5 cm³/mol. The molecule has 0 radical (unpaired) electrons. The van der Waals surface area contributed by atoms with Crippen molar-refractivity contribution in [2.24, 2.45) is 5.41 Å². The lowest BCUT2D eigenvalue weighted by Gasteiger charge is -2.27. The molecule has 5 nitrogen and oxygen atoms in total. The molecule has 1 aromatic rings. The molecular weight excluding hydrogens is 274 g/mol. The van der Waals surface area contributed by atoms with E-state index in [0.717, 1.165) is 11.3 Å². The van der Waals surface area contributed by atoms with E-state index in [1.165, 1.54) is 11.4 Å². The van der Waals surface area contributed by atoms with Gasteiger partial charge in [0.05, 0.1) is 0 Å². The summed E-state index contributed by atoms with van der Waals surface area (Å²) in [6, 6.07) is 1.01. The minimum atomic E-state index is -3.80. The molecule has 0 saturated carbocycles. The highest BCUT2D eigenvalue weighted by atomic mass is 32.2. The molecule has 2 N–H and O–H groups in total. The number of rotatable bonds is 4. The lowest BCUT2D eigenvalue weighted by atomic mass is 9.89. The first-order valence-electron chi connectivity index (χ1n) is 5.39. The van der Waals surface area contributed by atoms with Crippen molar-refractivity contribution in [1.82, 2.24) is 4.72 Å². The Hall–Kier alpha value is -0.920. The summed E-state index contributed by atoms with van der Waals surface area (Å²) in [5.74, 6) is -1.23. The van der Waals surface area contributed by atoms with Gasteiger partial charge in [0, 0.05) is 6.04 Å². The number of carboxylic acid groups (broad SMARTS) is 1. The maximum absolute atomic E-state index is 12.1. The first-order chi connectivity index (χ1) is 8.05. The van der Waals surface area contributed by atoms with Crippen molar-refractivity contribution in [3.63, 3.8) is 0 Å². The molecule has 0 fully saturated rings. The Morgan fingerprint density at radius 2 is 2.00 bits per heavy atom. The van der Waals surface area contributed by atoms with Crippen molar-refractivity contribution in [1.29, 1.82) is 0 Å². The van der Waals surface area contributed by atoms with E-state index in [9.17, 15) is 13.2 Å². The van der Waals surface area contributed by atoms with Crippen LogP contribution in [0.3, 0.4) is 0 Å². The van der Waals surface area contributed by atoms with Crippen LogP contribution in [0.15, 0.2) is 16.3 Å². The number of hydrogen-bond acceptors (Lipinski definition) is 4. The van der Waals surface area contributed by atoms with Crippen molar-refractivity contribution in [3.8, 4) is 0 Å². The Bertz CT molecular complexity index is 540. The van der Waals surface area contributed by atoms with E-state index in [1.54, 1.807) is 6.92 Å². The monoisotopic (exact) mass is 291 g/mol. The number of hydrogen-bond donors (Lipinski definition) is 2. The maximum Gasteiger partial charge on any atom is 0.347 e. The van der Waals surface area contributed by atoms with Crippen molar-refractivity contribution in [2.75, 3.05) is 0 Å². The second kappa shape index (κ2) is 4.99. The molecule has 0 aliphatic heterocycles. The third-order valence-corrected chi connectivity index (χ3v) is 5.36.